The summed E-state index contributed by atoms with van der Waals surface area (Å²) in [4.78, 5) is 20.6. The van der Waals surface area contributed by atoms with Crippen molar-refractivity contribution >= 4 is 5.91 Å². The van der Waals surface area contributed by atoms with Crippen LogP contribution in [-0.2, 0) is 6.54 Å². The Labute approximate surface area is 156 Å². The van der Waals surface area contributed by atoms with Crippen LogP contribution >= 0.6 is 0 Å². The van der Waals surface area contributed by atoms with Gasteiger partial charge in [0.2, 0.25) is 11.6 Å². The van der Waals surface area contributed by atoms with Crippen molar-refractivity contribution in [3.8, 4) is 17.8 Å². The number of carbonyl (C=O) groups is 1. The van der Waals surface area contributed by atoms with Crippen molar-refractivity contribution in [3.05, 3.63) is 29.8 Å². The molecule has 3 heterocycles. The lowest BCUT2D eigenvalue weighted by molar-refractivity contribution is 0.0883. The monoisotopic (exact) mass is 368 g/mol. The minimum atomic E-state index is -0.150. The molecule has 9 heteroatoms. The fourth-order valence-electron chi connectivity index (χ4n) is 3.46. The summed E-state index contributed by atoms with van der Waals surface area (Å²) in [6.07, 6.45) is 8.55. The van der Waals surface area contributed by atoms with Gasteiger partial charge in [0, 0.05) is 31.4 Å². The highest BCUT2D eigenvalue weighted by Gasteiger charge is 2.27. The van der Waals surface area contributed by atoms with Gasteiger partial charge in [-0.05, 0) is 25.7 Å². The third kappa shape index (κ3) is 3.69. The first kappa shape index (κ1) is 17.3. The van der Waals surface area contributed by atoms with Crippen molar-refractivity contribution in [1.82, 2.24) is 25.1 Å². The summed E-state index contributed by atoms with van der Waals surface area (Å²) in [5.74, 6) is 0.682. The van der Waals surface area contributed by atoms with Crippen LogP contribution < -0.4 is 14.8 Å². The molecule has 0 bridgehead atoms. The number of aryl methyl sites for hydroxylation is 1. The lowest BCUT2D eigenvalue weighted by Crippen LogP contribution is -2.40. The molecule has 0 atom stereocenters. The largest absolute Gasteiger partial charge is 0.477 e. The molecule has 2 aromatic heterocycles. The maximum Gasteiger partial charge on any atom is 0.258 e. The molecule has 9 nitrogen and oxygen atoms in total. The second-order valence-electron chi connectivity index (χ2n) is 6.68. The quantitative estimate of drug-likeness (QED) is 0.868. The van der Waals surface area contributed by atoms with E-state index in [1.165, 1.54) is 12.4 Å². The third-order valence-electron chi connectivity index (χ3n) is 4.85. The average Bonchev–Trinajstić information content (AvgIpc) is 3.14. The Morgan fingerprint density at radius 1 is 1.30 bits per heavy atom. The zero-order valence-electron chi connectivity index (χ0n) is 14.8. The zero-order valence-corrected chi connectivity index (χ0v) is 14.8. The summed E-state index contributed by atoms with van der Waals surface area (Å²) in [5, 5.41) is 16.4. The predicted molar refractivity (Wildman–Crippen MR) is 93.2 cm³/mol. The number of nitrogens with zero attached hydrogens (tertiary/aromatic N) is 5. The molecule has 1 amide bonds. The number of amides is 1. The second kappa shape index (κ2) is 7.61. The first-order chi connectivity index (χ1) is 13.2. The molecule has 140 valence electrons. The Morgan fingerprint density at radius 2 is 2.11 bits per heavy atom. The standard InChI is InChI=1S/C18H20N6O3/c19-10-15-17(21-7-6-20-15)27-13-4-2-12(3-5-13)23-16(25)14-11-22-24-8-1-9-26-18(14)24/h6-7,11-13H,1-5,8-9H2,(H,23,25). The molecule has 1 fully saturated rings. The zero-order chi connectivity index (χ0) is 18.6. The van der Waals surface area contributed by atoms with Crippen molar-refractivity contribution in [1.29, 1.82) is 5.26 Å². The van der Waals surface area contributed by atoms with Crippen molar-refractivity contribution in [2.75, 3.05) is 6.61 Å². The lowest BCUT2D eigenvalue weighted by Gasteiger charge is -2.29. The van der Waals surface area contributed by atoms with Crippen LogP contribution in [0.4, 0.5) is 0 Å². The van der Waals surface area contributed by atoms with Crippen LogP contribution in [0.5, 0.6) is 11.8 Å². The SMILES string of the molecule is N#Cc1nccnc1OC1CCC(NC(=O)c2cnn3c2OCCC3)CC1. The summed E-state index contributed by atoms with van der Waals surface area (Å²) in [5.41, 5.74) is 0.685. The number of ether oxygens (including phenoxy) is 2. The predicted octanol–water partition coefficient (Wildman–Crippen LogP) is 1.45. The van der Waals surface area contributed by atoms with Gasteiger partial charge in [-0.1, -0.05) is 0 Å². The van der Waals surface area contributed by atoms with E-state index in [9.17, 15) is 4.79 Å². The highest BCUT2D eigenvalue weighted by atomic mass is 16.5. The smallest absolute Gasteiger partial charge is 0.258 e. The molecule has 0 spiro atoms. The first-order valence-electron chi connectivity index (χ1n) is 9.12. The minimum Gasteiger partial charge on any atom is -0.477 e. The number of rotatable bonds is 4. The van der Waals surface area contributed by atoms with E-state index in [2.05, 4.69) is 20.4 Å². The molecule has 4 rings (SSSR count). The molecule has 1 saturated carbocycles. The number of nitriles is 1. The summed E-state index contributed by atoms with van der Waals surface area (Å²) in [6.45, 7) is 1.39. The van der Waals surface area contributed by atoms with Gasteiger partial charge in [-0.25, -0.2) is 14.6 Å². The molecule has 2 aromatic rings. The van der Waals surface area contributed by atoms with Gasteiger partial charge in [0.15, 0.2) is 0 Å². The van der Waals surface area contributed by atoms with Crippen molar-refractivity contribution in [3.63, 3.8) is 0 Å². The second-order valence-corrected chi connectivity index (χ2v) is 6.68. The first-order valence-corrected chi connectivity index (χ1v) is 9.12. The number of nitrogens with one attached hydrogen (secondary N) is 1. The van der Waals surface area contributed by atoms with Crippen molar-refractivity contribution in [2.45, 2.75) is 50.8 Å². The number of fused-ring (bicyclic) bond motifs is 1. The summed E-state index contributed by atoms with van der Waals surface area (Å²) in [6, 6.07) is 2.06. The van der Waals surface area contributed by atoms with Crippen molar-refractivity contribution in [2.24, 2.45) is 0 Å². The van der Waals surface area contributed by atoms with E-state index < -0.39 is 0 Å². The molecule has 0 radical (unpaired) electrons. The Bertz CT molecular complexity index is 866. The van der Waals surface area contributed by atoms with Gasteiger partial charge in [-0.3, -0.25) is 4.79 Å². The van der Waals surface area contributed by atoms with E-state index in [1.54, 1.807) is 10.9 Å². The number of aromatic nitrogens is 4. The molecule has 1 aliphatic carbocycles. The van der Waals surface area contributed by atoms with E-state index in [0.717, 1.165) is 38.6 Å². The van der Waals surface area contributed by atoms with Crippen molar-refractivity contribution < 1.29 is 14.3 Å². The van der Waals surface area contributed by atoms with Crippen LogP contribution in [-0.4, -0.2) is 44.4 Å². The van der Waals surface area contributed by atoms with Gasteiger partial charge < -0.3 is 14.8 Å². The summed E-state index contributed by atoms with van der Waals surface area (Å²) < 4.78 is 13.2. The third-order valence-corrected chi connectivity index (χ3v) is 4.85. The maximum absolute atomic E-state index is 12.6. The fourth-order valence-corrected chi connectivity index (χ4v) is 3.46. The van der Waals surface area contributed by atoms with Gasteiger partial charge in [-0.15, -0.1) is 0 Å². The molecular formula is C18H20N6O3. The van der Waals surface area contributed by atoms with Crippen LogP contribution in [0, 0.1) is 11.3 Å². The van der Waals surface area contributed by atoms with Crippen LogP contribution in [0.25, 0.3) is 0 Å². The van der Waals surface area contributed by atoms with Gasteiger partial charge >= 0.3 is 0 Å². The van der Waals surface area contributed by atoms with Crippen LogP contribution in [0.3, 0.4) is 0 Å². The lowest BCUT2D eigenvalue weighted by atomic mass is 9.92. The highest BCUT2D eigenvalue weighted by molar-refractivity contribution is 5.96. The highest BCUT2D eigenvalue weighted by Crippen LogP contribution is 2.26. The van der Waals surface area contributed by atoms with Gasteiger partial charge in [0.05, 0.1) is 12.8 Å². The van der Waals surface area contributed by atoms with E-state index in [1.807, 2.05) is 6.07 Å². The Kier molecular flexibility index (Phi) is 4.87. The normalized spacial score (nSPS) is 21.4. The Hall–Kier alpha value is -3.15. The van der Waals surface area contributed by atoms with E-state index in [0.29, 0.717) is 18.1 Å². The minimum absolute atomic E-state index is 0.0332. The Morgan fingerprint density at radius 3 is 2.93 bits per heavy atom. The molecule has 1 N–H and O–H groups in total. The molecular weight excluding hydrogens is 348 g/mol. The number of hydrogen-bond donors (Lipinski definition) is 1. The molecule has 2 aliphatic rings. The fraction of sp³-hybridized carbons (Fsp3) is 0.500. The van der Waals surface area contributed by atoms with Gasteiger partial charge in [0.1, 0.15) is 17.7 Å². The average molecular weight is 368 g/mol. The van der Waals surface area contributed by atoms with Crippen LogP contribution in [0.2, 0.25) is 0 Å². The summed E-state index contributed by atoms with van der Waals surface area (Å²) in [7, 11) is 0. The van der Waals surface area contributed by atoms with Crippen LogP contribution in [0.15, 0.2) is 18.6 Å². The maximum atomic E-state index is 12.6. The topological polar surface area (TPSA) is 115 Å². The van der Waals surface area contributed by atoms with E-state index in [-0.39, 0.29) is 29.6 Å². The van der Waals surface area contributed by atoms with Crippen LogP contribution in [0.1, 0.15) is 48.2 Å². The molecule has 0 saturated heterocycles. The molecule has 1 aliphatic heterocycles. The molecule has 0 unspecified atom stereocenters. The van der Waals surface area contributed by atoms with Gasteiger partial charge in [-0.2, -0.15) is 10.4 Å². The van der Waals surface area contributed by atoms with E-state index >= 15 is 0 Å². The molecule has 27 heavy (non-hydrogen) atoms. The van der Waals surface area contributed by atoms with E-state index in [4.69, 9.17) is 14.7 Å². The number of carbonyl (C=O) groups excluding carboxylic acids is 1. The van der Waals surface area contributed by atoms with Gasteiger partial charge in [0.25, 0.3) is 11.8 Å². The summed E-state index contributed by atoms with van der Waals surface area (Å²) >= 11 is 0. The molecule has 0 aromatic carbocycles. The number of hydrogen-bond acceptors (Lipinski definition) is 7. The Balaban J connectivity index is 1.31.